The maximum absolute atomic E-state index is 13.1. The lowest BCUT2D eigenvalue weighted by atomic mass is 10.1. The zero-order valence-corrected chi connectivity index (χ0v) is 10.3. The second kappa shape index (κ2) is 5.32. The largest absolute Gasteiger partial charge is 0.383 e. The van der Waals surface area contributed by atoms with Crippen LogP contribution in [0.3, 0.4) is 0 Å². The van der Waals surface area contributed by atoms with E-state index in [-0.39, 0.29) is 15.6 Å². The van der Waals surface area contributed by atoms with E-state index in [1.54, 1.807) is 25.2 Å². The first-order valence-corrected chi connectivity index (χ1v) is 5.21. The minimum absolute atomic E-state index is 0.0126. The third-order valence-electron chi connectivity index (χ3n) is 1.81. The molecule has 0 amide bonds. The van der Waals surface area contributed by atoms with Crippen LogP contribution in [0.25, 0.3) is 0 Å². The number of carbonyl (C=O) groups excluding carboxylic acids is 1. The van der Waals surface area contributed by atoms with E-state index in [0.29, 0.717) is 0 Å². The maximum Gasteiger partial charge on any atom is 0.190 e. The average Bonchev–Trinajstić information content (AvgIpc) is 2.21. The molecule has 0 saturated carbocycles. The Kier molecular flexibility index (Phi) is 4.33. The molecule has 0 fully saturated rings. The molecular weight excluding hydrogens is 252 g/mol. The second-order valence-electron chi connectivity index (χ2n) is 3.36. The van der Waals surface area contributed by atoms with Crippen molar-refractivity contribution in [3.8, 4) is 0 Å². The highest BCUT2D eigenvalue weighted by Crippen LogP contribution is 2.27. The van der Waals surface area contributed by atoms with E-state index in [1.165, 1.54) is 12.1 Å². The first-order valence-electron chi connectivity index (χ1n) is 4.46. The van der Waals surface area contributed by atoms with Gasteiger partial charge in [-0.1, -0.05) is 23.2 Å². The van der Waals surface area contributed by atoms with Gasteiger partial charge in [-0.3, -0.25) is 4.79 Å². The Morgan fingerprint density at radius 1 is 1.38 bits per heavy atom. The first-order chi connectivity index (χ1) is 7.43. The molecule has 1 aromatic carbocycles. The molecule has 0 unspecified atom stereocenters. The lowest BCUT2D eigenvalue weighted by Crippen LogP contribution is -2.04. The molecule has 0 aliphatic rings. The molecule has 16 heavy (non-hydrogen) atoms. The van der Waals surface area contributed by atoms with Crippen LogP contribution in [0, 0.1) is 5.82 Å². The van der Waals surface area contributed by atoms with Crippen molar-refractivity contribution >= 4 is 29.0 Å². The van der Waals surface area contributed by atoms with Gasteiger partial charge in [-0.05, 0) is 12.1 Å². The molecule has 2 nitrogen and oxygen atoms in total. The number of halogens is 3. The number of carbonyl (C=O) groups is 1. The van der Waals surface area contributed by atoms with Crippen molar-refractivity contribution in [1.82, 2.24) is 4.90 Å². The summed E-state index contributed by atoms with van der Waals surface area (Å²) >= 11 is 11.5. The number of hydrogen-bond donors (Lipinski definition) is 0. The molecule has 0 aromatic heterocycles. The summed E-state index contributed by atoms with van der Waals surface area (Å²) in [7, 11) is 3.52. The van der Waals surface area contributed by atoms with Gasteiger partial charge in [0, 0.05) is 26.4 Å². The SMILES string of the molecule is CN(C)C=CC(=O)c1c(Cl)ccc(F)c1Cl. The van der Waals surface area contributed by atoms with Gasteiger partial charge in [-0.2, -0.15) is 0 Å². The molecule has 0 radical (unpaired) electrons. The standard InChI is InChI=1S/C11H10Cl2FNO/c1-15(2)6-5-9(16)10-7(12)3-4-8(14)11(10)13/h3-6H,1-2H3. The normalized spacial score (nSPS) is 10.8. The number of allylic oxidation sites excluding steroid dienone is 1. The fourth-order valence-electron chi connectivity index (χ4n) is 1.05. The van der Waals surface area contributed by atoms with Crippen LogP contribution in [0.15, 0.2) is 24.4 Å². The highest BCUT2D eigenvalue weighted by molar-refractivity contribution is 6.40. The summed E-state index contributed by atoms with van der Waals surface area (Å²) in [5.41, 5.74) is -0.0126. The predicted octanol–water partition coefficient (Wildman–Crippen LogP) is 3.39. The van der Waals surface area contributed by atoms with Crippen LogP contribution >= 0.6 is 23.2 Å². The minimum Gasteiger partial charge on any atom is -0.383 e. The van der Waals surface area contributed by atoms with Crippen LogP contribution in [0.4, 0.5) is 4.39 Å². The highest BCUT2D eigenvalue weighted by Gasteiger charge is 2.15. The molecule has 5 heteroatoms. The molecule has 86 valence electrons. The van der Waals surface area contributed by atoms with E-state index in [2.05, 4.69) is 0 Å². The third-order valence-corrected chi connectivity index (χ3v) is 2.50. The van der Waals surface area contributed by atoms with Gasteiger partial charge in [0.05, 0.1) is 15.6 Å². The monoisotopic (exact) mass is 261 g/mol. The number of nitrogens with zero attached hydrogens (tertiary/aromatic N) is 1. The van der Waals surface area contributed by atoms with Gasteiger partial charge in [0.2, 0.25) is 0 Å². The molecule has 0 aliphatic heterocycles. The van der Waals surface area contributed by atoms with Crippen LogP contribution < -0.4 is 0 Å². The predicted molar refractivity (Wildman–Crippen MR) is 63.6 cm³/mol. The molecule has 0 bridgehead atoms. The molecule has 0 heterocycles. The van der Waals surface area contributed by atoms with Crippen molar-refractivity contribution in [2.24, 2.45) is 0 Å². The van der Waals surface area contributed by atoms with Crippen molar-refractivity contribution in [3.63, 3.8) is 0 Å². The molecule has 0 saturated heterocycles. The summed E-state index contributed by atoms with van der Waals surface area (Å²) in [5, 5.41) is -0.110. The number of rotatable bonds is 3. The van der Waals surface area contributed by atoms with Crippen molar-refractivity contribution in [2.45, 2.75) is 0 Å². The Morgan fingerprint density at radius 2 is 2.00 bits per heavy atom. The molecule has 1 rings (SSSR count). The zero-order chi connectivity index (χ0) is 12.3. The molecule has 0 aliphatic carbocycles. The Bertz CT molecular complexity index is 444. The van der Waals surface area contributed by atoms with E-state index in [4.69, 9.17) is 23.2 Å². The quantitative estimate of drug-likeness (QED) is 0.472. The number of ketones is 1. The van der Waals surface area contributed by atoms with E-state index in [0.717, 1.165) is 6.07 Å². The van der Waals surface area contributed by atoms with E-state index >= 15 is 0 Å². The van der Waals surface area contributed by atoms with Gasteiger partial charge in [-0.25, -0.2) is 4.39 Å². The number of hydrogen-bond acceptors (Lipinski definition) is 2. The van der Waals surface area contributed by atoms with Crippen LogP contribution in [-0.2, 0) is 0 Å². The third kappa shape index (κ3) is 2.97. The Balaban J connectivity index is 3.13. The van der Waals surface area contributed by atoms with Crippen LogP contribution in [0.2, 0.25) is 10.0 Å². The summed E-state index contributed by atoms with van der Waals surface area (Å²) in [5.74, 6) is -1.09. The smallest absolute Gasteiger partial charge is 0.190 e. The number of benzene rings is 1. The van der Waals surface area contributed by atoms with E-state index in [9.17, 15) is 9.18 Å². The van der Waals surface area contributed by atoms with Gasteiger partial charge >= 0.3 is 0 Å². The van der Waals surface area contributed by atoms with E-state index in [1.807, 2.05) is 0 Å². The van der Waals surface area contributed by atoms with Crippen LogP contribution in [-0.4, -0.2) is 24.8 Å². The lowest BCUT2D eigenvalue weighted by Gasteiger charge is -2.06. The van der Waals surface area contributed by atoms with Gasteiger partial charge in [0.1, 0.15) is 5.82 Å². The molecule has 1 aromatic rings. The van der Waals surface area contributed by atoms with Gasteiger partial charge in [0.15, 0.2) is 5.78 Å². The van der Waals surface area contributed by atoms with Crippen molar-refractivity contribution in [2.75, 3.05) is 14.1 Å². The van der Waals surface area contributed by atoms with Gasteiger partial charge in [-0.15, -0.1) is 0 Å². The molecule has 0 spiro atoms. The average molecular weight is 262 g/mol. The topological polar surface area (TPSA) is 20.3 Å². The summed E-state index contributed by atoms with van der Waals surface area (Å²) in [6, 6.07) is 2.43. The van der Waals surface area contributed by atoms with Crippen LogP contribution in [0.5, 0.6) is 0 Å². The summed E-state index contributed by atoms with van der Waals surface area (Å²) < 4.78 is 13.1. The fraction of sp³-hybridized carbons (Fsp3) is 0.182. The maximum atomic E-state index is 13.1. The van der Waals surface area contributed by atoms with Crippen LogP contribution in [0.1, 0.15) is 10.4 Å². The fourth-order valence-corrected chi connectivity index (χ4v) is 1.61. The van der Waals surface area contributed by atoms with Gasteiger partial charge in [0.25, 0.3) is 0 Å². The highest BCUT2D eigenvalue weighted by atomic mass is 35.5. The first kappa shape index (κ1) is 13.0. The minimum atomic E-state index is -0.660. The van der Waals surface area contributed by atoms with Crippen molar-refractivity contribution in [3.05, 3.63) is 45.8 Å². The molecular formula is C11H10Cl2FNO. The molecule has 0 atom stereocenters. The zero-order valence-electron chi connectivity index (χ0n) is 8.80. The Hall–Kier alpha value is -1.06. The molecule has 0 N–H and O–H groups in total. The van der Waals surface area contributed by atoms with Gasteiger partial charge < -0.3 is 4.90 Å². The lowest BCUT2D eigenvalue weighted by molar-refractivity contribution is 0.104. The Morgan fingerprint density at radius 3 is 2.56 bits per heavy atom. The summed E-state index contributed by atoms with van der Waals surface area (Å²) in [6.45, 7) is 0. The Labute approximate surface area is 103 Å². The second-order valence-corrected chi connectivity index (χ2v) is 4.15. The summed E-state index contributed by atoms with van der Waals surface area (Å²) in [4.78, 5) is 13.4. The van der Waals surface area contributed by atoms with E-state index < -0.39 is 11.6 Å². The summed E-state index contributed by atoms with van der Waals surface area (Å²) in [6.07, 6.45) is 2.83. The van der Waals surface area contributed by atoms with Crippen molar-refractivity contribution in [1.29, 1.82) is 0 Å². The van der Waals surface area contributed by atoms with Crippen molar-refractivity contribution < 1.29 is 9.18 Å².